The third kappa shape index (κ3) is 3.52. The molecule has 1 aromatic heterocycles. The highest BCUT2D eigenvalue weighted by Crippen LogP contribution is 2.27. The molecule has 3 aromatic rings. The lowest BCUT2D eigenvalue weighted by Gasteiger charge is -2.11. The summed E-state index contributed by atoms with van der Waals surface area (Å²) in [6, 6.07) is 17.0. The van der Waals surface area contributed by atoms with Gasteiger partial charge in [-0.15, -0.1) is 5.10 Å². The van der Waals surface area contributed by atoms with Gasteiger partial charge in [0.05, 0.1) is 13.2 Å². The van der Waals surface area contributed by atoms with E-state index in [1.165, 1.54) is 11.8 Å². The number of para-hydroxylation sites is 2. The average molecular weight is 328 g/mol. The fraction of sp³-hybridized carbons (Fsp3) is 0.188. The predicted molar refractivity (Wildman–Crippen MR) is 87.8 cm³/mol. The SMILES string of the molecule is COc1ccccc1-n1nnnc1SC[C@H](O)c1ccccc1. The van der Waals surface area contributed by atoms with Crippen molar-refractivity contribution in [2.75, 3.05) is 12.9 Å². The van der Waals surface area contributed by atoms with E-state index >= 15 is 0 Å². The minimum atomic E-state index is -0.580. The molecular weight excluding hydrogens is 312 g/mol. The number of aliphatic hydroxyl groups excluding tert-OH is 1. The second-order valence-electron chi connectivity index (χ2n) is 4.78. The normalized spacial score (nSPS) is 12.1. The molecule has 0 aliphatic heterocycles. The second kappa shape index (κ2) is 7.26. The monoisotopic (exact) mass is 328 g/mol. The topological polar surface area (TPSA) is 73.1 Å². The van der Waals surface area contributed by atoms with Crippen LogP contribution in [0.4, 0.5) is 0 Å². The molecule has 0 spiro atoms. The number of methoxy groups -OCH3 is 1. The maximum atomic E-state index is 10.3. The van der Waals surface area contributed by atoms with Crippen LogP contribution in [0.15, 0.2) is 59.8 Å². The maximum absolute atomic E-state index is 10.3. The lowest BCUT2D eigenvalue weighted by molar-refractivity contribution is 0.204. The summed E-state index contributed by atoms with van der Waals surface area (Å²) in [5, 5.41) is 22.6. The Kier molecular flexibility index (Phi) is 4.89. The summed E-state index contributed by atoms with van der Waals surface area (Å²) in [5.74, 6) is 1.14. The molecule has 23 heavy (non-hydrogen) atoms. The van der Waals surface area contributed by atoms with Crippen molar-refractivity contribution >= 4 is 11.8 Å². The van der Waals surface area contributed by atoms with E-state index in [2.05, 4.69) is 15.5 Å². The van der Waals surface area contributed by atoms with Crippen molar-refractivity contribution in [2.45, 2.75) is 11.3 Å². The standard InChI is InChI=1S/C16H16N4O2S/c1-22-15-10-6-5-9-13(15)20-16(17-18-19-20)23-11-14(21)12-7-3-2-4-8-12/h2-10,14,21H,11H2,1H3/t14-/m0/s1. The molecule has 118 valence electrons. The van der Waals surface area contributed by atoms with Gasteiger partial charge in [-0.2, -0.15) is 4.68 Å². The van der Waals surface area contributed by atoms with Crippen molar-refractivity contribution in [3.8, 4) is 11.4 Å². The number of rotatable bonds is 6. The van der Waals surface area contributed by atoms with Crippen LogP contribution in [0.1, 0.15) is 11.7 Å². The number of thioether (sulfide) groups is 1. The Balaban J connectivity index is 1.77. The van der Waals surface area contributed by atoms with Crippen LogP contribution in [0.25, 0.3) is 5.69 Å². The van der Waals surface area contributed by atoms with Crippen molar-refractivity contribution in [1.82, 2.24) is 20.2 Å². The molecular formula is C16H16N4O2S. The third-order valence-corrected chi connectivity index (χ3v) is 4.30. The Morgan fingerprint density at radius 2 is 1.87 bits per heavy atom. The Hall–Kier alpha value is -2.38. The number of aliphatic hydroxyl groups is 1. The number of hydrogen-bond donors (Lipinski definition) is 1. The molecule has 7 heteroatoms. The highest BCUT2D eigenvalue weighted by atomic mass is 32.2. The van der Waals surface area contributed by atoms with Gasteiger partial charge < -0.3 is 9.84 Å². The zero-order chi connectivity index (χ0) is 16.1. The first kappa shape index (κ1) is 15.5. The first-order valence-electron chi connectivity index (χ1n) is 7.07. The third-order valence-electron chi connectivity index (χ3n) is 3.31. The van der Waals surface area contributed by atoms with E-state index < -0.39 is 6.10 Å². The second-order valence-corrected chi connectivity index (χ2v) is 5.77. The molecule has 0 saturated heterocycles. The van der Waals surface area contributed by atoms with E-state index in [1.807, 2.05) is 54.6 Å². The van der Waals surface area contributed by atoms with Crippen molar-refractivity contribution in [2.24, 2.45) is 0 Å². The summed E-state index contributed by atoms with van der Waals surface area (Å²) in [7, 11) is 1.61. The average Bonchev–Trinajstić information content (AvgIpc) is 3.08. The molecule has 0 amide bonds. The highest BCUT2D eigenvalue weighted by molar-refractivity contribution is 7.99. The van der Waals surface area contributed by atoms with Gasteiger partial charge in [0.15, 0.2) is 0 Å². The largest absolute Gasteiger partial charge is 0.494 e. The fourth-order valence-corrected chi connectivity index (χ4v) is 3.00. The quantitative estimate of drug-likeness (QED) is 0.701. The van der Waals surface area contributed by atoms with E-state index in [1.54, 1.807) is 11.8 Å². The van der Waals surface area contributed by atoms with E-state index in [0.717, 1.165) is 11.3 Å². The molecule has 0 radical (unpaired) electrons. The molecule has 0 saturated carbocycles. The Morgan fingerprint density at radius 1 is 1.13 bits per heavy atom. The number of aromatic nitrogens is 4. The summed E-state index contributed by atoms with van der Waals surface area (Å²) in [4.78, 5) is 0. The van der Waals surface area contributed by atoms with Gasteiger partial charge in [-0.1, -0.05) is 54.2 Å². The van der Waals surface area contributed by atoms with Crippen LogP contribution in [0.2, 0.25) is 0 Å². The van der Waals surface area contributed by atoms with E-state index in [-0.39, 0.29) is 0 Å². The fourth-order valence-electron chi connectivity index (χ4n) is 2.15. The van der Waals surface area contributed by atoms with E-state index in [9.17, 15) is 5.11 Å². The predicted octanol–water partition coefficient (Wildman–Crippen LogP) is 2.50. The summed E-state index contributed by atoms with van der Waals surface area (Å²) < 4.78 is 6.96. The van der Waals surface area contributed by atoms with Crippen LogP contribution in [0.3, 0.4) is 0 Å². The number of tetrazole rings is 1. The summed E-state index contributed by atoms with van der Waals surface area (Å²) in [6.07, 6.45) is -0.580. The molecule has 3 rings (SSSR count). The molecule has 0 bridgehead atoms. The summed E-state index contributed by atoms with van der Waals surface area (Å²) in [5.41, 5.74) is 1.63. The first-order valence-corrected chi connectivity index (χ1v) is 8.05. The number of nitrogens with zero attached hydrogens (tertiary/aromatic N) is 4. The van der Waals surface area contributed by atoms with E-state index in [0.29, 0.717) is 16.7 Å². The molecule has 2 aromatic carbocycles. The van der Waals surface area contributed by atoms with Crippen molar-refractivity contribution < 1.29 is 9.84 Å². The lowest BCUT2D eigenvalue weighted by Crippen LogP contribution is -2.04. The Labute approximate surface area is 138 Å². The van der Waals surface area contributed by atoms with Crippen LogP contribution < -0.4 is 4.74 Å². The van der Waals surface area contributed by atoms with Crippen LogP contribution in [-0.4, -0.2) is 38.2 Å². The van der Waals surface area contributed by atoms with Crippen molar-refractivity contribution in [3.05, 3.63) is 60.2 Å². The van der Waals surface area contributed by atoms with Gasteiger partial charge in [0.2, 0.25) is 5.16 Å². The van der Waals surface area contributed by atoms with Crippen molar-refractivity contribution in [3.63, 3.8) is 0 Å². The number of hydrogen-bond acceptors (Lipinski definition) is 6. The van der Waals surface area contributed by atoms with E-state index in [4.69, 9.17) is 4.74 Å². The Bertz CT molecular complexity index is 764. The van der Waals surface area contributed by atoms with Gasteiger partial charge in [-0.3, -0.25) is 0 Å². The summed E-state index contributed by atoms with van der Waals surface area (Å²) >= 11 is 1.39. The zero-order valence-electron chi connectivity index (χ0n) is 12.5. The van der Waals surface area contributed by atoms with Gasteiger partial charge in [-0.05, 0) is 28.1 Å². The molecule has 6 nitrogen and oxygen atoms in total. The Morgan fingerprint density at radius 3 is 2.65 bits per heavy atom. The van der Waals surface area contributed by atoms with Crippen molar-refractivity contribution in [1.29, 1.82) is 0 Å². The molecule has 1 heterocycles. The van der Waals surface area contributed by atoms with Crippen LogP contribution in [-0.2, 0) is 0 Å². The zero-order valence-corrected chi connectivity index (χ0v) is 13.3. The van der Waals surface area contributed by atoms with Crippen LogP contribution in [0, 0.1) is 0 Å². The maximum Gasteiger partial charge on any atom is 0.214 e. The van der Waals surface area contributed by atoms with Crippen LogP contribution in [0.5, 0.6) is 5.75 Å². The van der Waals surface area contributed by atoms with Crippen LogP contribution >= 0.6 is 11.8 Å². The minimum absolute atomic E-state index is 0.458. The van der Waals surface area contributed by atoms with Gasteiger partial charge in [0.1, 0.15) is 11.4 Å². The highest BCUT2D eigenvalue weighted by Gasteiger charge is 2.15. The van der Waals surface area contributed by atoms with Gasteiger partial charge >= 0.3 is 0 Å². The molecule has 1 N–H and O–H groups in total. The molecule has 0 fully saturated rings. The summed E-state index contributed by atoms with van der Waals surface area (Å²) in [6.45, 7) is 0. The number of benzene rings is 2. The number of ether oxygens (including phenoxy) is 1. The minimum Gasteiger partial charge on any atom is -0.494 e. The molecule has 0 aliphatic rings. The molecule has 1 atom stereocenters. The molecule has 0 aliphatic carbocycles. The lowest BCUT2D eigenvalue weighted by atomic mass is 10.1. The van der Waals surface area contributed by atoms with Gasteiger partial charge in [0, 0.05) is 5.75 Å². The van der Waals surface area contributed by atoms with Gasteiger partial charge in [-0.25, -0.2) is 0 Å². The van der Waals surface area contributed by atoms with Gasteiger partial charge in [0.25, 0.3) is 0 Å². The first-order chi connectivity index (χ1) is 11.3. The molecule has 0 unspecified atom stereocenters. The smallest absolute Gasteiger partial charge is 0.214 e.